The summed E-state index contributed by atoms with van der Waals surface area (Å²) in [5.41, 5.74) is 0. The maximum Gasteiger partial charge on any atom is 0.306 e. The number of carbonyl (C=O) groups excluding carboxylic acids is 2. The summed E-state index contributed by atoms with van der Waals surface area (Å²) in [5.74, 6) is -0.504. The topological polar surface area (TPSA) is 95.9 Å². The van der Waals surface area contributed by atoms with E-state index in [1.54, 1.807) is 0 Å². The molecule has 0 radical (unpaired) electrons. The Kier molecular flexibility index (Phi) is 45.1. The minimum atomic E-state index is -0.791. The predicted molar refractivity (Wildman–Crippen MR) is 255 cm³/mol. The smallest absolute Gasteiger partial charge is 0.306 e. The Balaban J connectivity index is 4.58. The molecule has 0 bridgehead atoms. The number of aliphatic hydroxyl groups excluding tert-OH is 2. The Morgan fingerprint density at radius 3 is 1.37 bits per heavy atom. The fourth-order valence-electron chi connectivity index (χ4n) is 7.60. The van der Waals surface area contributed by atoms with Crippen molar-refractivity contribution in [1.82, 2.24) is 5.32 Å². The molecule has 0 fully saturated rings. The number of allylic oxidation sites excluding steroid dienone is 8. The van der Waals surface area contributed by atoms with Gasteiger partial charge in [-0.3, -0.25) is 9.59 Å². The summed E-state index contributed by atoms with van der Waals surface area (Å²) in [6.45, 7) is 6.36. The lowest BCUT2D eigenvalue weighted by Gasteiger charge is -2.24. The molecule has 3 atom stereocenters. The highest BCUT2D eigenvalue weighted by molar-refractivity contribution is 5.77. The first-order chi connectivity index (χ1) is 29.0. The first-order valence-corrected chi connectivity index (χ1v) is 25.4. The summed E-state index contributed by atoms with van der Waals surface area (Å²) in [6.07, 6.45) is 55.9. The van der Waals surface area contributed by atoms with Crippen LogP contribution in [0.2, 0.25) is 0 Å². The molecule has 0 saturated heterocycles. The molecule has 0 rings (SSSR count). The summed E-state index contributed by atoms with van der Waals surface area (Å²) in [6, 6.07) is -0.705. The number of hydrogen-bond acceptors (Lipinski definition) is 5. The van der Waals surface area contributed by atoms with Gasteiger partial charge in [-0.2, -0.15) is 0 Å². The van der Waals surface area contributed by atoms with E-state index in [9.17, 15) is 19.8 Å². The van der Waals surface area contributed by atoms with Crippen molar-refractivity contribution in [2.45, 2.75) is 270 Å². The molecule has 0 aliphatic rings. The van der Waals surface area contributed by atoms with Crippen LogP contribution in [0.3, 0.4) is 0 Å². The van der Waals surface area contributed by atoms with Gasteiger partial charge >= 0.3 is 5.97 Å². The minimum Gasteiger partial charge on any atom is -0.462 e. The van der Waals surface area contributed by atoms with Gasteiger partial charge in [0.25, 0.3) is 0 Å². The Morgan fingerprint density at radius 1 is 0.508 bits per heavy atom. The average Bonchev–Trinajstić information content (AvgIpc) is 3.23. The molecule has 0 saturated carbocycles. The normalized spacial score (nSPS) is 13.6. The van der Waals surface area contributed by atoms with Gasteiger partial charge < -0.3 is 20.3 Å². The Bertz CT molecular complexity index is 1020. The standard InChI is InChI=1S/C53H97NO5/c1-4-7-10-13-16-19-22-24-25-26-28-31-34-37-40-43-46-53(58)59-49(44-41-38-35-32-29-21-18-15-12-9-6-3)47-52(57)54-50(48-55)51(56)45-42-39-36-33-30-27-23-20-17-14-11-8-5-2/h7,10,16,19,24-25,28,31,49-51,55-56H,4-6,8-9,11-15,17-18,20-23,26-27,29-30,32-48H2,1-3H3,(H,54,57)/b10-7+,19-16+,25-24+,31-28+. The van der Waals surface area contributed by atoms with Crippen molar-refractivity contribution in [1.29, 1.82) is 0 Å². The summed E-state index contributed by atoms with van der Waals surface area (Å²) >= 11 is 0. The molecule has 3 N–H and O–H groups in total. The molecule has 0 aromatic carbocycles. The highest BCUT2D eigenvalue weighted by Crippen LogP contribution is 2.18. The summed E-state index contributed by atoms with van der Waals surface area (Å²) in [4.78, 5) is 26.1. The van der Waals surface area contributed by atoms with E-state index in [4.69, 9.17) is 4.74 Å². The number of amides is 1. The first-order valence-electron chi connectivity index (χ1n) is 25.4. The van der Waals surface area contributed by atoms with E-state index >= 15 is 0 Å². The van der Waals surface area contributed by atoms with E-state index in [-0.39, 0.29) is 24.9 Å². The predicted octanol–water partition coefficient (Wildman–Crippen LogP) is 15.1. The Labute approximate surface area is 366 Å². The molecule has 0 heterocycles. The van der Waals surface area contributed by atoms with Crippen LogP contribution in [-0.2, 0) is 14.3 Å². The van der Waals surface area contributed by atoms with Gasteiger partial charge in [0, 0.05) is 6.42 Å². The molecule has 0 aliphatic carbocycles. The lowest BCUT2D eigenvalue weighted by atomic mass is 10.0. The molecular formula is C53H97NO5. The first kappa shape index (κ1) is 56.8. The highest BCUT2D eigenvalue weighted by atomic mass is 16.5. The van der Waals surface area contributed by atoms with Gasteiger partial charge in [0.1, 0.15) is 6.10 Å². The third kappa shape index (κ3) is 42.3. The Morgan fingerprint density at radius 2 is 0.915 bits per heavy atom. The second-order valence-corrected chi connectivity index (χ2v) is 17.2. The van der Waals surface area contributed by atoms with Crippen LogP contribution < -0.4 is 5.32 Å². The number of rotatable bonds is 45. The van der Waals surface area contributed by atoms with Crippen LogP contribution in [0, 0.1) is 0 Å². The van der Waals surface area contributed by atoms with Crippen molar-refractivity contribution in [3.05, 3.63) is 48.6 Å². The maximum absolute atomic E-state index is 13.2. The van der Waals surface area contributed by atoms with Crippen LogP contribution in [0.1, 0.15) is 252 Å². The van der Waals surface area contributed by atoms with E-state index in [1.807, 2.05) is 0 Å². The molecule has 344 valence electrons. The zero-order valence-corrected chi connectivity index (χ0v) is 39.1. The third-order valence-electron chi connectivity index (χ3n) is 11.4. The quantitative estimate of drug-likeness (QED) is 0.0323. The second kappa shape index (κ2) is 46.9. The SMILES string of the molecule is CC/C=C/C/C=C/C/C=C/C/C=C/CCCCCC(=O)OC(CCCCCCCCCCCCC)CC(=O)NC(CO)C(O)CCCCCCCCCCCCCCC. The zero-order valence-electron chi connectivity index (χ0n) is 39.1. The number of nitrogens with one attached hydrogen (secondary N) is 1. The highest BCUT2D eigenvalue weighted by Gasteiger charge is 2.24. The number of carbonyl (C=O) groups is 2. The lowest BCUT2D eigenvalue weighted by molar-refractivity contribution is -0.151. The molecular weight excluding hydrogens is 731 g/mol. The maximum atomic E-state index is 13.2. The molecule has 1 amide bonds. The lowest BCUT2D eigenvalue weighted by Crippen LogP contribution is -2.46. The zero-order chi connectivity index (χ0) is 43.1. The Hall–Kier alpha value is -2.18. The molecule has 0 aliphatic heterocycles. The molecule has 6 heteroatoms. The molecule has 0 spiro atoms. The van der Waals surface area contributed by atoms with Gasteiger partial charge in [0.05, 0.1) is 25.2 Å². The van der Waals surface area contributed by atoms with E-state index in [0.29, 0.717) is 19.3 Å². The number of hydrogen-bond donors (Lipinski definition) is 3. The second-order valence-electron chi connectivity index (χ2n) is 17.2. The summed E-state index contributed by atoms with van der Waals surface area (Å²) in [5, 5.41) is 23.7. The summed E-state index contributed by atoms with van der Waals surface area (Å²) < 4.78 is 5.91. The monoisotopic (exact) mass is 828 g/mol. The van der Waals surface area contributed by atoms with Crippen molar-refractivity contribution in [3.8, 4) is 0 Å². The number of esters is 1. The molecule has 3 unspecified atom stereocenters. The van der Waals surface area contributed by atoms with Crippen molar-refractivity contribution < 1.29 is 24.5 Å². The van der Waals surface area contributed by atoms with Crippen LogP contribution >= 0.6 is 0 Å². The minimum absolute atomic E-state index is 0.0668. The van der Waals surface area contributed by atoms with E-state index in [1.165, 1.54) is 122 Å². The molecule has 59 heavy (non-hydrogen) atoms. The van der Waals surface area contributed by atoms with Crippen molar-refractivity contribution in [2.24, 2.45) is 0 Å². The van der Waals surface area contributed by atoms with Crippen LogP contribution in [-0.4, -0.2) is 46.9 Å². The van der Waals surface area contributed by atoms with Gasteiger partial charge in [-0.15, -0.1) is 0 Å². The average molecular weight is 828 g/mol. The van der Waals surface area contributed by atoms with Crippen LogP contribution in [0.25, 0.3) is 0 Å². The number of ether oxygens (including phenoxy) is 1. The number of aliphatic hydroxyl groups is 2. The summed E-state index contributed by atoms with van der Waals surface area (Å²) in [7, 11) is 0. The van der Waals surface area contributed by atoms with E-state index < -0.39 is 18.2 Å². The molecule has 6 nitrogen and oxygen atoms in total. The van der Waals surface area contributed by atoms with Gasteiger partial charge in [0.2, 0.25) is 5.91 Å². The third-order valence-corrected chi connectivity index (χ3v) is 11.4. The van der Waals surface area contributed by atoms with E-state index in [2.05, 4.69) is 74.7 Å². The fourth-order valence-corrected chi connectivity index (χ4v) is 7.60. The molecule has 0 aromatic heterocycles. The van der Waals surface area contributed by atoms with Crippen molar-refractivity contribution >= 4 is 11.9 Å². The van der Waals surface area contributed by atoms with Gasteiger partial charge in [-0.05, 0) is 64.2 Å². The largest absolute Gasteiger partial charge is 0.462 e. The van der Waals surface area contributed by atoms with Crippen LogP contribution in [0.4, 0.5) is 0 Å². The van der Waals surface area contributed by atoms with Gasteiger partial charge in [-0.25, -0.2) is 0 Å². The van der Waals surface area contributed by atoms with E-state index in [0.717, 1.165) is 83.5 Å². The van der Waals surface area contributed by atoms with Gasteiger partial charge in [-0.1, -0.05) is 223 Å². The molecule has 0 aromatic rings. The van der Waals surface area contributed by atoms with Crippen LogP contribution in [0.5, 0.6) is 0 Å². The van der Waals surface area contributed by atoms with Crippen molar-refractivity contribution in [3.63, 3.8) is 0 Å². The fraction of sp³-hybridized carbons (Fsp3) is 0.811. The number of unbranched alkanes of at least 4 members (excludes halogenated alkanes) is 25. The van der Waals surface area contributed by atoms with Crippen molar-refractivity contribution in [2.75, 3.05) is 6.61 Å². The van der Waals surface area contributed by atoms with Crippen LogP contribution in [0.15, 0.2) is 48.6 Å². The van der Waals surface area contributed by atoms with Gasteiger partial charge in [0.15, 0.2) is 0 Å².